The predicted molar refractivity (Wildman–Crippen MR) is 73.2 cm³/mol. The standard InChI is InChI=1S/C14H20ClNO2/c1-10(2)7-12(8-16)14(17)18-9-11-3-5-13(15)6-4-11/h3-6,10,12H,7-9,16H2,1-2H3. The highest BCUT2D eigenvalue weighted by molar-refractivity contribution is 6.30. The number of nitrogens with two attached hydrogens (primary N) is 1. The van der Waals surface area contributed by atoms with Crippen molar-refractivity contribution in [3.8, 4) is 0 Å². The maximum absolute atomic E-state index is 11.8. The fourth-order valence-corrected chi connectivity index (χ4v) is 1.84. The van der Waals surface area contributed by atoms with Crippen LogP contribution >= 0.6 is 11.6 Å². The highest BCUT2D eigenvalue weighted by Gasteiger charge is 2.19. The first-order valence-corrected chi connectivity index (χ1v) is 6.52. The summed E-state index contributed by atoms with van der Waals surface area (Å²) in [6, 6.07) is 7.24. The second-order valence-corrected chi connectivity index (χ2v) is 5.23. The number of ether oxygens (including phenoxy) is 1. The van der Waals surface area contributed by atoms with Crippen molar-refractivity contribution in [2.45, 2.75) is 26.9 Å². The lowest BCUT2D eigenvalue weighted by molar-refractivity contribution is -0.150. The second kappa shape index (κ2) is 7.39. The van der Waals surface area contributed by atoms with Crippen molar-refractivity contribution in [2.24, 2.45) is 17.6 Å². The highest BCUT2D eigenvalue weighted by atomic mass is 35.5. The Morgan fingerprint density at radius 3 is 2.44 bits per heavy atom. The summed E-state index contributed by atoms with van der Waals surface area (Å²) in [5.41, 5.74) is 6.52. The Labute approximate surface area is 113 Å². The van der Waals surface area contributed by atoms with Crippen LogP contribution in [-0.4, -0.2) is 12.5 Å². The average Bonchev–Trinajstić information content (AvgIpc) is 2.34. The van der Waals surface area contributed by atoms with Gasteiger partial charge in [0.1, 0.15) is 6.61 Å². The highest BCUT2D eigenvalue weighted by Crippen LogP contribution is 2.14. The van der Waals surface area contributed by atoms with Gasteiger partial charge in [0.25, 0.3) is 0 Å². The van der Waals surface area contributed by atoms with E-state index in [9.17, 15) is 4.79 Å². The van der Waals surface area contributed by atoms with E-state index in [2.05, 4.69) is 13.8 Å². The van der Waals surface area contributed by atoms with E-state index in [1.54, 1.807) is 12.1 Å². The van der Waals surface area contributed by atoms with Gasteiger partial charge in [0.2, 0.25) is 0 Å². The average molecular weight is 270 g/mol. The second-order valence-electron chi connectivity index (χ2n) is 4.80. The molecule has 0 aliphatic carbocycles. The molecule has 0 saturated heterocycles. The van der Waals surface area contributed by atoms with Crippen LogP contribution in [0.25, 0.3) is 0 Å². The molecule has 0 heterocycles. The molecule has 4 heteroatoms. The van der Waals surface area contributed by atoms with Crippen LogP contribution in [0.5, 0.6) is 0 Å². The van der Waals surface area contributed by atoms with Crippen LogP contribution in [0.2, 0.25) is 5.02 Å². The molecule has 2 N–H and O–H groups in total. The molecule has 0 aliphatic rings. The third-order valence-electron chi connectivity index (χ3n) is 2.67. The van der Waals surface area contributed by atoms with E-state index in [1.165, 1.54) is 0 Å². The van der Waals surface area contributed by atoms with Crippen LogP contribution < -0.4 is 5.73 Å². The van der Waals surface area contributed by atoms with E-state index in [-0.39, 0.29) is 18.5 Å². The van der Waals surface area contributed by atoms with Crippen molar-refractivity contribution >= 4 is 17.6 Å². The van der Waals surface area contributed by atoms with Gasteiger partial charge >= 0.3 is 5.97 Å². The molecule has 0 bridgehead atoms. The molecule has 0 aliphatic heterocycles. The quantitative estimate of drug-likeness (QED) is 0.808. The molecule has 100 valence electrons. The number of rotatable bonds is 6. The van der Waals surface area contributed by atoms with Crippen molar-refractivity contribution in [2.75, 3.05) is 6.54 Å². The summed E-state index contributed by atoms with van der Waals surface area (Å²) in [6.45, 7) is 4.73. The van der Waals surface area contributed by atoms with Gasteiger partial charge in [-0.15, -0.1) is 0 Å². The summed E-state index contributed by atoms with van der Waals surface area (Å²) >= 11 is 5.78. The van der Waals surface area contributed by atoms with Crippen LogP contribution in [0.3, 0.4) is 0 Å². The monoisotopic (exact) mass is 269 g/mol. The first-order valence-electron chi connectivity index (χ1n) is 6.14. The molecule has 18 heavy (non-hydrogen) atoms. The number of benzene rings is 1. The lowest BCUT2D eigenvalue weighted by Crippen LogP contribution is -2.27. The van der Waals surface area contributed by atoms with Crippen LogP contribution in [0.4, 0.5) is 0 Å². The van der Waals surface area contributed by atoms with Crippen molar-refractivity contribution in [1.82, 2.24) is 0 Å². The summed E-state index contributed by atoms with van der Waals surface area (Å²) in [5, 5.41) is 0.671. The van der Waals surface area contributed by atoms with E-state index in [1.807, 2.05) is 12.1 Å². The maximum Gasteiger partial charge on any atom is 0.310 e. The summed E-state index contributed by atoms with van der Waals surface area (Å²) in [7, 11) is 0. The van der Waals surface area contributed by atoms with Crippen LogP contribution in [0.1, 0.15) is 25.8 Å². The molecule has 0 amide bonds. The Morgan fingerprint density at radius 1 is 1.33 bits per heavy atom. The van der Waals surface area contributed by atoms with Gasteiger partial charge < -0.3 is 10.5 Å². The van der Waals surface area contributed by atoms with Crippen molar-refractivity contribution in [3.63, 3.8) is 0 Å². The van der Waals surface area contributed by atoms with E-state index in [0.29, 0.717) is 17.5 Å². The Balaban J connectivity index is 2.46. The van der Waals surface area contributed by atoms with Crippen molar-refractivity contribution in [1.29, 1.82) is 0 Å². The van der Waals surface area contributed by atoms with Gasteiger partial charge in [-0.25, -0.2) is 0 Å². The van der Waals surface area contributed by atoms with E-state index >= 15 is 0 Å². The summed E-state index contributed by atoms with van der Waals surface area (Å²) in [4.78, 5) is 11.8. The van der Waals surface area contributed by atoms with Gasteiger partial charge in [-0.3, -0.25) is 4.79 Å². The molecular formula is C14H20ClNO2. The van der Waals surface area contributed by atoms with E-state index in [4.69, 9.17) is 22.1 Å². The molecule has 3 nitrogen and oxygen atoms in total. The van der Waals surface area contributed by atoms with Crippen LogP contribution in [0.15, 0.2) is 24.3 Å². The van der Waals surface area contributed by atoms with Gasteiger partial charge in [-0.1, -0.05) is 37.6 Å². The van der Waals surface area contributed by atoms with Gasteiger partial charge in [0.15, 0.2) is 0 Å². The zero-order valence-electron chi connectivity index (χ0n) is 10.9. The van der Waals surface area contributed by atoms with Crippen molar-refractivity contribution in [3.05, 3.63) is 34.9 Å². The van der Waals surface area contributed by atoms with Gasteiger partial charge in [-0.05, 0) is 30.0 Å². The molecule has 1 aromatic carbocycles. The molecule has 0 fully saturated rings. The fraction of sp³-hybridized carbons (Fsp3) is 0.500. The third kappa shape index (κ3) is 5.07. The Kier molecular flexibility index (Phi) is 6.16. The van der Waals surface area contributed by atoms with Crippen LogP contribution in [-0.2, 0) is 16.1 Å². The molecule has 0 spiro atoms. The molecule has 1 atom stereocenters. The number of halogens is 1. The zero-order valence-corrected chi connectivity index (χ0v) is 11.6. The Bertz CT molecular complexity index is 376. The van der Waals surface area contributed by atoms with Gasteiger partial charge in [-0.2, -0.15) is 0 Å². The zero-order chi connectivity index (χ0) is 13.5. The summed E-state index contributed by atoms with van der Waals surface area (Å²) in [6.07, 6.45) is 0.760. The SMILES string of the molecule is CC(C)CC(CN)C(=O)OCc1ccc(Cl)cc1. The minimum Gasteiger partial charge on any atom is -0.461 e. The van der Waals surface area contributed by atoms with Crippen LogP contribution in [0, 0.1) is 11.8 Å². The van der Waals surface area contributed by atoms with Gasteiger partial charge in [0, 0.05) is 11.6 Å². The number of esters is 1. The minimum atomic E-state index is -0.221. The normalized spacial score (nSPS) is 12.5. The largest absolute Gasteiger partial charge is 0.461 e. The summed E-state index contributed by atoms with van der Waals surface area (Å²) in [5.74, 6) is 0.0000760. The molecular weight excluding hydrogens is 250 g/mol. The molecule has 1 unspecified atom stereocenters. The molecule has 0 saturated carbocycles. The maximum atomic E-state index is 11.8. The fourth-order valence-electron chi connectivity index (χ4n) is 1.71. The van der Waals surface area contributed by atoms with E-state index in [0.717, 1.165) is 12.0 Å². The number of hydrogen-bond donors (Lipinski definition) is 1. The molecule has 0 aromatic heterocycles. The third-order valence-corrected chi connectivity index (χ3v) is 2.92. The first kappa shape index (κ1) is 15.0. The topological polar surface area (TPSA) is 52.3 Å². The number of carbonyl (C=O) groups excluding carboxylic acids is 1. The Morgan fingerprint density at radius 2 is 1.94 bits per heavy atom. The molecule has 1 rings (SSSR count). The number of hydrogen-bond acceptors (Lipinski definition) is 3. The lowest BCUT2D eigenvalue weighted by Gasteiger charge is -2.16. The predicted octanol–water partition coefficient (Wildman–Crippen LogP) is 3.00. The van der Waals surface area contributed by atoms with Gasteiger partial charge in [0.05, 0.1) is 5.92 Å². The van der Waals surface area contributed by atoms with E-state index < -0.39 is 0 Å². The first-order chi connectivity index (χ1) is 8.52. The smallest absolute Gasteiger partial charge is 0.310 e. The molecule has 0 radical (unpaired) electrons. The lowest BCUT2D eigenvalue weighted by atomic mass is 9.97. The summed E-state index contributed by atoms with van der Waals surface area (Å²) < 4.78 is 5.26. The minimum absolute atomic E-state index is 0.211. The number of carbonyl (C=O) groups is 1. The molecule has 1 aromatic rings. The van der Waals surface area contributed by atoms with Crippen molar-refractivity contribution < 1.29 is 9.53 Å². The Hall–Kier alpha value is -1.06.